The Balaban J connectivity index is 1.71. The molecule has 3 heteroatoms. The van der Waals surface area contributed by atoms with Gasteiger partial charge in [-0.05, 0) is 25.7 Å². The Labute approximate surface area is 92.5 Å². The van der Waals surface area contributed by atoms with E-state index in [1.54, 1.807) is 0 Å². The van der Waals surface area contributed by atoms with E-state index in [0.717, 1.165) is 13.2 Å². The lowest BCUT2D eigenvalue weighted by Crippen LogP contribution is -2.45. The fourth-order valence-corrected chi connectivity index (χ4v) is 2.70. The molecule has 0 aromatic heterocycles. The first-order chi connectivity index (χ1) is 7.40. The third kappa shape index (κ3) is 3.16. The number of hydrogen-bond donors (Lipinski definition) is 1. The minimum atomic E-state index is 0.417. The maximum absolute atomic E-state index is 5.61. The van der Waals surface area contributed by atoms with Gasteiger partial charge in [-0.15, -0.1) is 0 Å². The van der Waals surface area contributed by atoms with Crippen LogP contribution < -0.4 is 5.32 Å². The molecule has 88 valence electrons. The summed E-state index contributed by atoms with van der Waals surface area (Å²) < 4.78 is 11.1. The topological polar surface area (TPSA) is 30.5 Å². The summed E-state index contributed by atoms with van der Waals surface area (Å²) in [4.78, 5) is 0. The maximum Gasteiger partial charge on any atom is 0.0724 e. The lowest BCUT2D eigenvalue weighted by molar-refractivity contribution is 0.0337. The zero-order valence-corrected chi connectivity index (χ0v) is 9.71. The van der Waals surface area contributed by atoms with E-state index in [-0.39, 0.29) is 0 Å². The van der Waals surface area contributed by atoms with Crippen molar-refractivity contribution >= 4 is 0 Å². The van der Waals surface area contributed by atoms with Crippen molar-refractivity contribution in [1.29, 1.82) is 0 Å². The predicted molar refractivity (Wildman–Crippen MR) is 60.0 cm³/mol. The Hall–Kier alpha value is -0.120. The zero-order chi connectivity index (χ0) is 10.5. The van der Waals surface area contributed by atoms with E-state index in [2.05, 4.69) is 5.32 Å². The van der Waals surface area contributed by atoms with Gasteiger partial charge in [0.15, 0.2) is 0 Å². The van der Waals surface area contributed by atoms with Gasteiger partial charge >= 0.3 is 0 Å². The molecule has 0 aromatic carbocycles. The van der Waals surface area contributed by atoms with Crippen molar-refractivity contribution in [3.8, 4) is 0 Å². The van der Waals surface area contributed by atoms with Crippen LogP contribution in [0, 0.1) is 0 Å². The predicted octanol–water partition coefficient (Wildman–Crippen LogP) is 1.71. The lowest BCUT2D eigenvalue weighted by atomic mass is 9.92. The van der Waals surface area contributed by atoms with E-state index in [1.165, 1.54) is 38.5 Å². The highest BCUT2D eigenvalue weighted by molar-refractivity contribution is 4.83. The molecule has 1 saturated carbocycles. The number of ether oxygens (including phenoxy) is 2. The highest BCUT2D eigenvalue weighted by Gasteiger charge is 2.25. The third-order valence-corrected chi connectivity index (χ3v) is 3.64. The Kier molecular flexibility index (Phi) is 4.42. The fourth-order valence-electron chi connectivity index (χ4n) is 2.70. The van der Waals surface area contributed by atoms with Crippen LogP contribution in [0.5, 0.6) is 0 Å². The third-order valence-electron chi connectivity index (χ3n) is 3.64. The monoisotopic (exact) mass is 213 g/mol. The molecule has 3 atom stereocenters. The molecule has 1 aliphatic carbocycles. The molecule has 2 fully saturated rings. The van der Waals surface area contributed by atoms with Crippen LogP contribution in [0.1, 0.15) is 38.5 Å². The van der Waals surface area contributed by atoms with E-state index >= 15 is 0 Å². The molecule has 0 aromatic rings. The van der Waals surface area contributed by atoms with Gasteiger partial charge in [-0.1, -0.05) is 12.8 Å². The number of rotatable bonds is 4. The molecule has 1 saturated heterocycles. The summed E-state index contributed by atoms with van der Waals surface area (Å²) in [7, 11) is 1.83. The van der Waals surface area contributed by atoms with E-state index < -0.39 is 0 Å². The average Bonchev–Trinajstić information content (AvgIpc) is 2.79. The van der Waals surface area contributed by atoms with Gasteiger partial charge in [-0.3, -0.25) is 0 Å². The number of hydrogen-bond acceptors (Lipinski definition) is 3. The zero-order valence-electron chi connectivity index (χ0n) is 9.71. The smallest absolute Gasteiger partial charge is 0.0724 e. The quantitative estimate of drug-likeness (QED) is 0.771. The summed E-state index contributed by atoms with van der Waals surface area (Å²) in [5.41, 5.74) is 0. The molecule has 0 radical (unpaired) electrons. The first kappa shape index (κ1) is 11.4. The van der Waals surface area contributed by atoms with Crippen molar-refractivity contribution in [2.45, 2.75) is 56.8 Å². The van der Waals surface area contributed by atoms with Crippen LogP contribution in [0.25, 0.3) is 0 Å². The van der Waals surface area contributed by atoms with Gasteiger partial charge < -0.3 is 14.8 Å². The van der Waals surface area contributed by atoms with E-state index in [1.807, 2.05) is 7.11 Å². The van der Waals surface area contributed by atoms with Crippen LogP contribution in [0.3, 0.4) is 0 Å². The second kappa shape index (κ2) is 5.83. The van der Waals surface area contributed by atoms with Gasteiger partial charge in [-0.2, -0.15) is 0 Å². The van der Waals surface area contributed by atoms with Crippen LogP contribution in [0.4, 0.5) is 0 Å². The van der Waals surface area contributed by atoms with Crippen LogP contribution in [0.15, 0.2) is 0 Å². The largest absolute Gasteiger partial charge is 0.380 e. The lowest BCUT2D eigenvalue weighted by Gasteiger charge is -2.31. The number of methoxy groups -OCH3 is 1. The minimum absolute atomic E-state index is 0.417. The number of nitrogens with one attached hydrogen (secondary N) is 1. The molecule has 2 aliphatic rings. The fraction of sp³-hybridized carbons (Fsp3) is 1.00. The summed E-state index contributed by atoms with van der Waals surface area (Å²) in [5, 5.41) is 3.61. The summed E-state index contributed by atoms with van der Waals surface area (Å²) in [5.74, 6) is 0. The molecule has 2 rings (SSSR count). The van der Waals surface area contributed by atoms with Crippen molar-refractivity contribution < 1.29 is 9.47 Å². The molecule has 3 unspecified atom stereocenters. The Bertz CT molecular complexity index is 180. The van der Waals surface area contributed by atoms with Crippen LogP contribution in [-0.4, -0.2) is 38.5 Å². The maximum atomic E-state index is 5.61. The molecule has 1 N–H and O–H groups in total. The van der Waals surface area contributed by atoms with Crippen molar-refractivity contribution in [2.75, 3.05) is 20.3 Å². The van der Waals surface area contributed by atoms with Crippen LogP contribution in [0.2, 0.25) is 0 Å². The highest BCUT2D eigenvalue weighted by atomic mass is 16.5. The molecule has 15 heavy (non-hydrogen) atoms. The van der Waals surface area contributed by atoms with E-state index in [0.29, 0.717) is 18.2 Å². The van der Waals surface area contributed by atoms with Crippen LogP contribution >= 0.6 is 0 Å². The second-order valence-corrected chi connectivity index (χ2v) is 4.71. The van der Waals surface area contributed by atoms with Gasteiger partial charge in [-0.25, -0.2) is 0 Å². The Morgan fingerprint density at radius 1 is 1.20 bits per heavy atom. The first-order valence-corrected chi connectivity index (χ1v) is 6.28. The van der Waals surface area contributed by atoms with E-state index in [9.17, 15) is 0 Å². The molecule has 0 bridgehead atoms. The SMILES string of the molecule is COC1CCCCC1NCC1CCCO1. The molecule has 1 aliphatic heterocycles. The molecular weight excluding hydrogens is 190 g/mol. The van der Waals surface area contributed by atoms with Gasteiger partial charge in [0.05, 0.1) is 12.2 Å². The van der Waals surface area contributed by atoms with Crippen molar-refractivity contribution in [1.82, 2.24) is 5.32 Å². The first-order valence-electron chi connectivity index (χ1n) is 6.28. The minimum Gasteiger partial charge on any atom is -0.380 e. The van der Waals surface area contributed by atoms with Gasteiger partial charge in [0.1, 0.15) is 0 Å². The molecule has 1 heterocycles. The van der Waals surface area contributed by atoms with Gasteiger partial charge in [0.2, 0.25) is 0 Å². The normalized spacial score (nSPS) is 37.0. The molecule has 0 spiro atoms. The molecule has 0 amide bonds. The standard InChI is InChI=1S/C12H23NO2/c1-14-12-7-3-2-6-11(12)13-9-10-5-4-8-15-10/h10-13H,2-9H2,1H3. The Morgan fingerprint density at radius 2 is 2.07 bits per heavy atom. The average molecular weight is 213 g/mol. The highest BCUT2D eigenvalue weighted by Crippen LogP contribution is 2.21. The van der Waals surface area contributed by atoms with Gasteiger partial charge in [0, 0.05) is 26.3 Å². The summed E-state index contributed by atoms with van der Waals surface area (Å²) in [6.07, 6.45) is 8.43. The summed E-state index contributed by atoms with van der Waals surface area (Å²) >= 11 is 0. The molecular formula is C12H23NO2. The van der Waals surface area contributed by atoms with Crippen LogP contribution in [-0.2, 0) is 9.47 Å². The van der Waals surface area contributed by atoms with Gasteiger partial charge in [0.25, 0.3) is 0 Å². The van der Waals surface area contributed by atoms with Crippen molar-refractivity contribution in [3.63, 3.8) is 0 Å². The van der Waals surface area contributed by atoms with E-state index in [4.69, 9.17) is 9.47 Å². The summed E-state index contributed by atoms with van der Waals surface area (Å²) in [6.45, 7) is 1.95. The Morgan fingerprint density at radius 3 is 2.80 bits per heavy atom. The second-order valence-electron chi connectivity index (χ2n) is 4.71. The van der Waals surface area contributed by atoms with Crippen molar-refractivity contribution in [2.24, 2.45) is 0 Å². The molecule has 3 nitrogen and oxygen atoms in total. The summed E-state index contributed by atoms with van der Waals surface area (Å²) in [6, 6.07) is 0.549. The van der Waals surface area contributed by atoms with Crippen molar-refractivity contribution in [3.05, 3.63) is 0 Å².